The van der Waals surface area contributed by atoms with Gasteiger partial charge in [-0.05, 0) is 32.3 Å². The standard InChI is InChI=1S/C13H23N3O/c1-4-10-7-12(16(3)15-10)8-13(2,17)9-14-11-5-6-11/h7,11,14,17H,4-6,8-9H2,1-3H3. The van der Waals surface area contributed by atoms with Crippen molar-refractivity contribution in [3.05, 3.63) is 17.5 Å². The van der Waals surface area contributed by atoms with Crippen molar-refractivity contribution in [3.8, 4) is 0 Å². The van der Waals surface area contributed by atoms with Gasteiger partial charge in [-0.15, -0.1) is 0 Å². The summed E-state index contributed by atoms with van der Waals surface area (Å²) >= 11 is 0. The van der Waals surface area contributed by atoms with Crippen LogP contribution in [0.1, 0.15) is 38.1 Å². The van der Waals surface area contributed by atoms with E-state index >= 15 is 0 Å². The largest absolute Gasteiger partial charge is 0.388 e. The summed E-state index contributed by atoms with van der Waals surface area (Å²) in [5.41, 5.74) is 1.50. The Labute approximate surface area is 103 Å². The van der Waals surface area contributed by atoms with E-state index in [0.717, 1.165) is 17.8 Å². The fraction of sp³-hybridized carbons (Fsp3) is 0.769. The summed E-state index contributed by atoms with van der Waals surface area (Å²) in [4.78, 5) is 0. The first-order valence-electron chi connectivity index (χ1n) is 6.48. The zero-order chi connectivity index (χ0) is 12.5. The Morgan fingerprint density at radius 1 is 1.59 bits per heavy atom. The summed E-state index contributed by atoms with van der Waals surface area (Å²) in [5, 5.41) is 18.1. The van der Waals surface area contributed by atoms with E-state index in [2.05, 4.69) is 23.4 Å². The Balaban J connectivity index is 1.94. The molecule has 4 nitrogen and oxygen atoms in total. The molecule has 1 atom stereocenters. The van der Waals surface area contributed by atoms with E-state index in [1.54, 1.807) is 0 Å². The van der Waals surface area contributed by atoms with Gasteiger partial charge >= 0.3 is 0 Å². The highest BCUT2D eigenvalue weighted by molar-refractivity contribution is 5.12. The summed E-state index contributed by atoms with van der Waals surface area (Å²) in [6.45, 7) is 4.64. The summed E-state index contributed by atoms with van der Waals surface area (Å²) in [7, 11) is 1.94. The van der Waals surface area contributed by atoms with Crippen LogP contribution in [-0.4, -0.2) is 33.1 Å². The first-order valence-corrected chi connectivity index (χ1v) is 6.48. The Morgan fingerprint density at radius 2 is 2.29 bits per heavy atom. The van der Waals surface area contributed by atoms with Gasteiger partial charge in [-0.3, -0.25) is 4.68 Å². The smallest absolute Gasteiger partial charge is 0.0798 e. The van der Waals surface area contributed by atoms with E-state index in [9.17, 15) is 5.11 Å². The normalized spacial score (nSPS) is 19.3. The minimum Gasteiger partial charge on any atom is -0.388 e. The minimum absolute atomic E-state index is 0.638. The zero-order valence-electron chi connectivity index (χ0n) is 11.0. The Kier molecular flexibility index (Phi) is 3.54. The van der Waals surface area contributed by atoms with E-state index in [-0.39, 0.29) is 0 Å². The first kappa shape index (κ1) is 12.6. The van der Waals surface area contributed by atoms with Crippen LogP contribution >= 0.6 is 0 Å². The van der Waals surface area contributed by atoms with Crippen LogP contribution in [0.5, 0.6) is 0 Å². The molecule has 1 aromatic heterocycles. The monoisotopic (exact) mass is 237 g/mol. The van der Waals surface area contributed by atoms with Crippen LogP contribution in [-0.2, 0) is 19.9 Å². The molecule has 1 fully saturated rings. The molecular weight excluding hydrogens is 214 g/mol. The molecule has 0 aliphatic heterocycles. The number of aryl methyl sites for hydroxylation is 2. The molecule has 0 radical (unpaired) electrons. The Bertz CT molecular complexity index is 380. The number of aliphatic hydroxyl groups is 1. The van der Waals surface area contributed by atoms with Crippen LogP contribution in [0.3, 0.4) is 0 Å². The second kappa shape index (κ2) is 4.78. The van der Waals surface area contributed by atoms with Crippen molar-refractivity contribution in [2.24, 2.45) is 7.05 Å². The van der Waals surface area contributed by atoms with E-state index < -0.39 is 5.60 Å². The van der Waals surface area contributed by atoms with Gasteiger partial charge in [-0.25, -0.2) is 0 Å². The fourth-order valence-electron chi connectivity index (χ4n) is 2.01. The quantitative estimate of drug-likeness (QED) is 0.777. The number of nitrogens with one attached hydrogen (secondary N) is 1. The average molecular weight is 237 g/mol. The van der Waals surface area contributed by atoms with Crippen LogP contribution in [0.2, 0.25) is 0 Å². The third-order valence-corrected chi connectivity index (χ3v) is 3.30. The topological polar surface area (TPSA) is 50.1 Å². The number of hydrogen-bond acceptors (Lipinski definition) is 3. The highest BCUT2D eigenvalue weighted by Crippen LogP contribution is 2.20. The molecule has 1 saturated carbocycles. The van der Waals surface area contributed by atoms with E-state index in [1.165, 1.54) is 12.8 Å². The Hall–Kier alpha value is -0.870. The maximum absolute atomic E-state index is 10.3. The summed E-state index contributed by atoms with van der Waals surface area (Å²) in [6, 6.07) is 2.73. The molecule has 0 saturated heterocycles. The summed E-state index contributed by atoms with van der Waals surface area (Å²) in [5.74, 6) is 0. The van der Waals surface area contributed by atoms with Gasteiger partial charge in [-0.1, -0.05) is 6.92 Å². The second-order valence-corrected chi connectivity index (χ2v) is 5.43. The predicted octanol–water partition coefficient (Wildman–Crippen LogP) is 1.03. The number of hydrogen-bond donors (Lipinski definition) is 2. The van der Waals surface area contributed by atoms with E-state index in [1.807, 2.05) is 18.7 Å². The van der Waals surface area contributed by atoms with Crippen molar-refractivity contribution in [2.75, 3.05) is 6.54 Å². The molecule has 0 bridgehead atoms. The lowest BCUT2D eigenvalue weighted by atomic mass is 10.00. The van der Waals surface area contributed by atoms with Crippen molar-refractivity contribution >= 4 is 0 Å². The number of rotatable bonds is 6. The third-order valence-electron chi connectivity index (χ3n) is 3.30. The highest BCUT2D eigenvalue weighted by atomic mass is 16.3. The molecule has 2 N–H and O–H groups in total. The van der Waals surface area contributed by atoms with Crippen molar-refractivity contribution in [1.82, 2.24) is 15.1 Å². The van der Waals surface area contributed by atoms with Gasteiger partial charge in [0.1, 0.15) is 0 Å². The minimum atomic E-state index is -0.693. The van der Waals surface area contributed by atoms with Crippen molar-refractivity contribution < 1.29 is 5.11 Å². The lowest BCUT2D eigenvalue weighted by Gasteiger charge is -2.23. The molecule has 1 aromatic rings. The molecule has 0 amide bonds. The van der Waals surface area contributed by atoms with Crippen molar-refractivity contribution in [3.63, 3.8) is 0 Å². The molecule has 1 aliphatic carbocycles. The molecule has 4 heteroatoms. The molecule has 0 spiro atoms. The predicted molar refractivity (Wildman–Crippen MR) is 67.9 cm³/mol. The zero-order valence-corrected chi connectivity index (χ0v) is 11.0. The average Bonchev–Trinajstić information content (AvgIpc) is 3.02. The van der Waals surface area contributed by atoms with E-state index in [0.29, 0.717) is 19.0 Å². The lowest BCUT2D eigenvalue weighted by Crippen LogP contribution is -2.41. The third kappa shape index (κ3) is 3.54. The molecule has 0 aromatic carbocycles. The van der Waals surface area contributed by atoms with Crippen molar-refractivity contribution in [2.45, 2.75) is 51.2 Å². The number of nitrogens with zero attached hydrogens (tertiary/aromatic N) is 2. The highest BCUT2D eigenvalue weighted by Gasteiger charge is 2.27. The van der Waals surface area contributed by atoms with Gasteiger partial charge in [0.05, 0.1) is 11.3 Å². The van der Waals surface area contributed by atoms with Gasteiger partial charge < -0.3 is 10.4 Å². The van der Waals surface area contributed by atoms with Crippen LogP contribution in [0.15, 0.2) is 6.07 Å². The molecule has 96 valence electrons. The molecule has 1 unspecified atom stereocenters. The first-order chi connectivity index (χ1) is 8.00. The SMILES string of the molecule is CCc1cc(CC(C)(O)CNC2CC2)n(C)n1. The lowest BCUT2D eigenvalue weighted by molar-refractivity contribution is 0.0578. The number of aromatic nitrogens is 2. The summed E-state index contributed by atoms with van der Waals surface area (Å²) < 4.78 is 1.88. The maximum Gasteiger partial charge on any atom is 0.0798 e. The van der Waals surface area contributed by atoms with Gasteiger partial charge in [0.15, 0.2) is 0 Å². The van der Waals surface area contributed by atoms with Gasteiger partial charge in [-0.2, -0.15) is 5.10 Å². The fourth-order valence-corrected chi connectivity index (χ4v) is 2.01. The maximum atomic E-state index is 10.3. The molecule has 1 aliphatic rings. The van der Waals surface area contributed by atoms with Crippen LogP contribution in [0, 0.1) is 0 Å². The Morgan fingerprint density at radius 3 is 2.82 bits per heavy atom. The second-order valence-electron chi connectivity index (χ2n) is 5.43. The van der Waals surface area contributed by atoms with Crippen molar-refractivity contribution in [1.29, 1.82) is 0 Å². The molecular formula is C13H23N3O. The molecule has 1 heterocycles. The van der Waals surface area contributed by atoms with Gasteiger partial charge in [0, 0.05) is 31.7 Å². The molecule has 2 rings (SSSR count). The summed E-state index contributed by atoms with van der Waals surface area (Å²) in [6.07, 6.45) is 4.09. The van der Waals surface area contributed by atoms with E-state index in [4.69, 9.17) is 0 Å². The van der Waals surface area contributed by atoms with Gasteiger partial charge in [0.2, 0.25) is 0 Å². The van der Waals surface area contributed by atoms with Crippen LogP contribution in [0.4, 0.5) is 0 Å². The molecule has 17 heavy (non-hydrogen) atoms. The van der Waals surface area contributed by atoms with Gasteiger partial charge in [0.25, 0.3) is 0 Å². The van der Waals surface area contributed by atoms with Crippen LogP contribution < -0.4 is 5.32 Å². The van der Waals surface area contributed by atoms with Crippen LogP contribution in [0.25, 0.3) is 0 Å².